The van der Waals surface area contributed by atoms with Crippen LogP contribution in [0.25, 0.3) is 4.85 Å². The Labute approximate surface area is 186 Å². The zero-order chi connectivity index (χ0) is 22.3. The van der Waals surface area contributed by atoms with Crippen LogP contribution in [0, 0.1) is 6.57 Å². The molecule has 0 radical (unpaired) electrons. The van der Waals surface area contributed by atoms with Gasteiger partial charge >= 0.3 is 0 Å². The van der Waals surface area contributed by atoms with Crippen molar-refractivity contribution in [3.63, 3.8) is 0 Å². The van der Waals surface area contributed by atoms with Crippen LogP contribution < -0.4 is 11.1 Å². The number of carbonyl (C=O) groups is 1. The van der Waals surface area contributed by atoms with Gasteiger partial charge in [-0.2, -0.15) is 0 Å². The van der Waals surface area contributed by atoms with Crippen LogP contribution in [0.5, 0.6) is 0 Å². The molecule has 1 aromatic heterocycles. The van der Waals surface area contributed by atoms with Gasteiger partial charge in [-0.05, 0) is 47.8 Å². The number of benzene rings is 1. The molecule has 1 aliphatic rings. The molecule has 9 heteroatoms. The molecule has 0 aliphatic carbocycles. The van der Waals surface area contributed by atoms with Crippen LogP contribution in [0.4, 0.5) is 5.69 Å². The number of nitrogens with two attached hydrogens (primary N) is 1. The van der Waals surface area contributed by atoms with Crippen molar-refractivity contribution in [2.75, 3.05) is 5.75 Å². The highest BCUT2D eigenvalue weighted by molar-refractivity contribution is 8.02. The highest BCUT2D eigenvalue weighted by Gasteiger charge is 2.46. The average Bonchev–Trinajstić information content (AvgIpc) is 3.07. The van der Waals surface area contributed by atoms with Crippen LogP contribution in [0.2, 0.25) is 5.02 Å². The predicted molar refractivity (Wildman–Crippen MR) is 126 cm³/mol. The Bertz CT molecular complexity index is 1170. The van der Waals surface area contributed by atoms with E-state index < -0.39 is 19.8 Å². The topological polar surface area (TPSA) is 88.9 Å². The second-order valence-electron chi connectivity index (χ2n) is 7.99. The van der Waals surface area contributed by atoms with Crippen molar-refractivity contribution in [1.82, 2.24) is 5.32 Å². The highest BCUT2D eigenvalue weighted by Crippen LogP contribution is 2.43. The molecule has 2 atom stereocenters. The van der Waals surface area contributed by atoms with Crippen LogP contribution in [-0.4, -0.2) is 32.3 Å². The molecule has 1 aromatic carbocycles. The summed E-state index contributed by atoms with van der Waals surface area (Å²) in [6, 6.07) is 8.61. The first-order valence-corrected chi connectivity index (χ1v) is 12.2. The lowest BCUT2D eigenvalue weighted by Gasteiger charge is -2.40. The van der Waals surface area contributed by atoms with E-state index in [0.717, 1.165) is 5.56 Å². The molecular formula is C21H23ClN4O2S2. The molecule has 0 bridgehead atoms. The summed E-state index contributed by atoms with van der Waals surface area (Å²) in [5.74, 6) is 4.13. The van der Waals surface area contributed by atoms with E-state index in [1.807, 2.05) is 6.92 Å². The van der Waals surface area contributed by atoms with Crippen molar-refractivity contribution in [1.29, 1.82) is 0 Å². The third kappa shape index (κ3) is 3.97. The monoisotopic (exact) mass is 462 g/mol. The number of aliphatic imine (C=N–C) groups is 1. The van der Waals surface area contributed by atoms with E-state index >= 15 is 0 Å². The van der Waals surface area contributed by atoms with Crippen LogP contribution in [0.15, 0.2) is 35.3 Å². The first-order valence-electron chi connectivity index (χ1n) is 9.14. The van der Waals surface area contributed by atoms with E-state index in [1.165, 1.54) is 11.3 Å². The lowest BCUT2D eigenvalue weighted by molar-refractivity contribution is 0.0955. The molecule has 1 aliphatic heterocycles. The third-order valence-electron chi connectivity index (χ3n) is 5.35. The van der Waals surface area contributed by atoms with E-state index in [0.29, 0.717) is 27.0 Å². The number of amidine groups is 1. The summed E-state index contributed by atoms with van der Waals surface area (Å²) < 4.78 is 12.4. The predicted octanol–water partition coefficient (Wildman–Crippen LogP) is 3.96. The number of carbonyl (C=O) groups excluding carboxylic acids is 1. The summed E-state index contributed by atoms with van der Waals surface area (Å²) in [6.07, 6.45) is 0. The Kier molecular flexibility index (Phi) is 5.76. The van der Waals surface area contributed by atoms with Crippen LogP contribution in [-0.2, 0) is 21.6 Å². The Morgan fingerprint density at radius 3 is 2.60 bits per heavy atom. The fourth-order valence-electron chi connectivity index (χ4n) is 3.18. The standard InChI is InChI=1S/C21H23ClN4O2S2/c1-20(2)19(23)26-21(3,12-30(20,5)28)17-15(22)10-16(29-17)18(27)25-11-13-6-8-14(24-4)9-7-13/h6-10H,5,11-12H2,1-3H3,(H2,23,26)(H,25,27)/t21-,30?/m0/s1. The van der Waals surface area contributed by atoms with Crippen molar-refractivity contribution in [2.45, 2.75) is 37.6 Å². The smallest absolute Gasteiger partial charge is 0.261 e. The number of nitrogens with zero attached hydrogens (tertiary/aromatic N) is 2. The quantitative estimate of drug-likeness (QED) is 0.532. The second-order valence-corrected chi connectivity index (χ2v) is 12.4. The van der Waals surface area contributed by atoms with Gasteiger partial charge in [0.1, 0.15) is 11.4 Å². The number of amides is 1. The van der Waals surface area contributed by atoms with Gasteiger partial charge < -0.3 is 11.1 Å². The van der Waals surface area contributed by atoms with Crippen molar-refractivity contribution in [3.8, 4) is 0 Å². The number of hydrogen-bond acceptors (Lipinski definition) is 5. The van der Waals surface area contributed by atoms with Crippen LogP contribution in [0.1, 0.15) is 40.9 Å². The van der Waals surface area contributed by atoms with Gasteiger partial charge in [-0.15, -0.1) is 11.3 Å². The van der Waals surface area contributed by atoms with Gasteiger partial charge in [-0.25, -0.2) is 4.85 Å². The molecule has 0 saturated carbocycles. The lowest BCUT2D eigenvalue weighted by Crippen LogP contribution is -2.54. The molecule has 2 aromatic rings. The molecule has 1 unspecified atom stereocenters. The minimum Gasteiger partial charge on any atom is -0.386 e. The summed E-state index contributed by atoms with van der Waals surface area (Å²) in [5, 5.41) is 3.24. The van der Waals surface area contributed by atoms with Crippen molar-refractivity contribution >= 4 is 55.8 Å². The van der Waals surface area contributed by atoms with Gasteiger partial charge in [0, 0.05) is 12.3 Å². The summed E-state index contributed by atoms with van der Waals surface area (Å²) in [7, 11) is -2.58. The molecule has 0 fully saturated rings. The molecule has 3 rings (SSSR count). The molecule has 158 valence electrons. The van der Waals surface area contributed by atoms with Crippen molar-refractivity contribution in [2.24, 2.45) is 10.7 Å². The van der Waals surface area contributed by atoms with Gasteiger partial charge in [0.15, 0.2) is 5.69 Å². The summed E-state index contributed by atoms with van der Waals surface area (Å²) in [5.41, 5.74) is 6.67. The van der Waals surface area contributed by atoms with E-state index in [4.69, 9.17) is 23.9 Å². The van der Waals surface area contributed by atoms with Gasteiger partial charge in [0.05, 0.1) is 26.1 Å². The molecule has 6 nitrogen and oxygen atoms in total. The van der Waals surface area contributed by atoms with E-state index in [1.54, 1.807) is 44.2 Å². The number of hydrogen-bond donors (Lipinski definition) is 2. The molecule has 1 amide bonds. The van der Waals surface area contributed by atoms with E-state index in [2.05, 4.69) is 21.0 Å². The Hall–Kier alpha value is -2.34. The van der Waals surface area contributed by atoms with Crippen molar-refractivity contribution < 1.29 is 9.00 Å². The second kappa shape index (κ2) is 7.73. The molecular weight excluding hydrogens is 440 g/mol. The average molecular weight is 463 g/mol. The van der Waals surface area contributed by atoms with Gasteiger partial charge in [-0.1, -0.05) is 35.9 Å². The first-order chi connectivity index (χ1) is 13.9. The SMILES string of the molecule is [C-]#[N+]c1ccc(CNC(=O)c2cc(Cl)c([C@]3(C)CS(=C)(=O)C(C)(C)C(N)=N3)s2)cc1. The van der Waals surface area contributed by atoms with Crippen LogP contribution in [0.3, 0.4) is 0 Å². The molecule has 30 heavy (non-hydrogen) atoms. The minimum absolute atomic E-state index is 0.197. The fourth-order valence-corrected chi connectivity index (χ4v) is 6.72. The zero-order valence-corrected chi connectivity index (χ0v) is 19.4. The third-order valence-corrected chi connectivity index (χ3v) is 10.2. The summed E-state index contributed by atoms with van der Waals surface area (Å²) in [6.45, 7) is 12.7. The maximum Gasteiger partial charge on any atom is 0.261 e. The van der Waals surface area contributed by atoms with Gasteiger partial charge in [0.25, 0.3) is 5.91 Å². The number of rotatable bonds is 4. The van der Waals surface area contributed by atoms with Crippen molar-refractivity contribution in [3.05, 3.63) is 62.1 Å². The Balaban J connectivity index is 1.83. The maximum atomic E-state index is 13.2. The lowest BCUT2D eigenvalue weighted by atomic mass is 10.0. The minimum atomic E-state index is -2.58. The summed E-state index contributed by atoms with van der Waals surface area (Å²) >= 11 is 7.67. The van der Waals surface area contributed by atoms with E-state index in [9.17, 15) is 9.00 Å². The fraction of sp³-hybridized carbons (Fsp3) is 0.333. The van der Waals surface area contributed by atoms with Crippen LogP contribution >= 0.6 is 22.9 Å². The summed E-state index contributed by atoms with van der Waals surface area (Å²) in [4.78, 5) is 21.7. The number of nitrogens with one attached hydrogen (secondary N) is 1. The largest absolute Gasteiger partial charge is 0.386 e. The number of thiophene rings is 1. The van der Waals surface area contributed by atoms with E-state index in [-0.39, 0.29) is 17.5 Å². The Morgan fingerprint density at radius 2 is 2.03 bits per heavy atom. The maximum absolute atomic E-state index is 13.2. The molecule has 3 N–H and O–H groups in total. The Morgan fingerprint density at radius 1 is 1.40 bits per heavy atom. The van der Waals surface area contributed by atoms with Gasteiger partial charge in [-0.3, -0.25) is 14.0 Å². The zero-order valence-electron chi connectivity index (χ0n) is 17.0. The first kappa shape index (κ1) is 22.3. The molecule has 2 heterocycles. The molecule has 0 saturated heterocycles. The number of halogens is 1. The molecule has 0 spiro atoms. The van der Waals surface area contributed by atoms with Gasteiger partial charge in [0.2, 0.25) is 0 Å². The highest BCUT2D eigenvalue weighted by atomic mass is 35.5. The normalized spacial score (nSPS) is 25.2.